The van der Waals surface area contributed by atoms with Crippen LogP contribution in [0.5, 0.6) is 11.5 Å². The summed E-state index contributed by atoms with van der Waals surface area (Å²) in [7, 11) is 0. The number of hydrogen-bond donors (Lipinski definition) is 2. The van der Waals surface area contributed by atoms with Gasteiger partial charge in [-0.25, -0.2) is 4.98 Å². The highest BCUT2D eigenvalue weighted by Crippen LogP contribution is 2.66. The fourth-order valence-electron chi connectivity index (χ4n) is 5.91. The molecule has 0 saturated heterocycles. The standard InChI is InChI=1S/C28H34N2O2/c1-25(2,3)17-14-15-12-10-11-13-16(15)24-29-20-21(30(17)24)23(32)19-18(22(20)31)26(4,5)28(8,9)27(19,6)7/h10-14,31-32H,1-9H3. The van der Waals surface area contributed by atoms with E-state index >= 15 is 0 Å². The number of pyridine rings is 1. The van der Waals surface area contributed by atoms with E-state index < -0.39 is 0 Å². The lowest BCUT2D eigenvalue weighted by molar-refractivity contribution is 0.123. The van der Waals surface area contributed by atoms with Gasteiger partial charge in [-0.05, 0) is 27.7 Å². The average Bonchev–Trinajstić information content (AvgIpc) is 3.13. The van der Waals surface area contributed by atoms with Crippen molar-refractivity contribution in [2.45, 2.75) is 78.6 Å². The highest BCUT2D eigenvalue weighted by molar-refractivity contribution is 6.03. The largest absolute Gasteiger partial charge is 0.505 e. The Hall–Kier alpha value is -2.75. The number of phenolic OH excluding ortho intramolecular Hbond substituents is 2. The van der Waals surface area contributed by atoms with Crippen LogP contribution in [0.2, 0.25) is 0 Å². The maximum Gasteiger partial charge on any atom is 0.147 e. The van der Waals surface area contributed by atoms with E-state index in [2.05, 4.69) is 84.9 Å². The van der Waals surface area contributed by atoms with Gasteiger partial charge in [0.15, 0.2) is 0 Å². The van der Waals surface area contributed by atoms with Crippen LogP contribution in [0.25, 0.3) is 27.5 Å². The molecule has 168 valence electrons. The van der Waals surface area contributed by atoms with Crippen molar-refractivity contribution in [2.24, 2.45) is 5.41 Å². The predicted octanol–water partition coefficient (Wildman–Crippen LogP) is 6.94. The van der Waals surface area contributed by atoms with Crippen LogP contribution in [0.15, 0.2) is 30.3 Å². The monoisotopic (exact) mass is 430 g/mol. The number of hydrogen-bond acceptors (Lipinski definition) is 3. The Morgan fingerprint density at radius 3 is 2.00 bits per heavy atom. The Morgan fingerprint density at radius 1 is 0.844 bits per heavy atom. The molecule has 0 radical (unpaired) electrons. The number of nitrogens with zero attached hydrogens (tertiary/aromatic N) is 2. The van der Waals surface area contributed by atoms with Crippen molar-refractivity contribution in [1.29, 1.82) is 0 Å². The summed E-state index contributed by atoms with van der Waals surface area (Å²) in [5.74, 6) is 0.439. The molecule has 4 aromatic rings. The van der Waals surface area contributed by atoms with Gasteiger partial charge in [-0.2, -0.15) is 0 Å². The zero-order chi connectivity index (χ0) is 23.6. The van der Waals surface area contributed by atoms with Gasteiger partial charge in [0.05, 0.1) is 0 Å². The molecule has 0 saturated carbocycles. The average molecular weight is 431 g/mol. The molecule has 2 aromatic carbocycles. The summed E-state index contributed by atoms with van der Waals surface area (Å²) in [5, 5.41) is 25.7. The number of imidazole rings is 1. The molecular formula is C28H34N2O2. The Labute approximate surface area is 189 Å². The molecule has 2 heterocycles. The smallest absolute Gasteiger partial charge is 0.147 e. The van der Waals surface area contributed by atoms with Crippen molar-refractivity contribution >= 4 is 27.5 Å². The second-order valence-corrected chi connectivity index (χ2v) is 12.2. The van der Waals surface area contributed by atoms with Gasteiger partial charge in [-0.3, -0.25) is 4.40 Å². The molecule has 0 aliphatic heterocycles. The van der Waals surface area contributed by atoms with Gasteiger partial charge >= 0.3 is 0 Å². The molecule has 0 amide bonds. The Kier molecular flexibility index (Phi) is 3.81. The summed E-state index contributed by atoms with van der Waals surface area (Å²) in [4.78, 5) is 4.97. The first-order valence-electron chi connectivity index (χ1n) is 11.5. The first-order valence-corrected chi connectivity index (χ1v) is 11.5. The van der Waals surface area contributed by atoms with Crippen molar-refractivity contribution in [3.05, 3.63) is 47.2 Å². The topological polar surface area (TPSA) is 57.8 Å². The number of aromatic nitrogens is 2. The molecular weight excluding hydrogens is 396 g/mol. The third-order valence-corrected chi connectivity index (χ3v) is 8.93. The minimum absolute atomic E-state index is 0.184. The lowest BCUT2D eigenvalue weighted by Crippen LogP contribution is -2.42. The molecule has 0 bridgehead atoms. The number of aromatic hydroxyl groups is 2. The molecule has 4 nitrogen and oxygen atoms in total. The highest BCUT2D eigenvalue weighted by Gasteiger charge is 2.60. The third kappa shape index (κ3) is 2.21. The van der Waals surface area contributed by atoms with Crippen LogP contribution in [-0.4, -0.2) is 19.6 Å². The van der Waals surface area contributed by atoms with Crippen molar-refractivity contribution in [2.75, 3.05) is 0 Å². The summed E-state index contributed by atoms with van der Waals surface area (Å²) in [5.41, 5.74) is 3.51. The minimum Gasteiger partial charge on any atom is -0.505 e. The fraction of sp³-hybridized carbons (Fsp3) is 0.464. The molecule has 0 unspecified atom stereocenters. The van der Waals surface area contributed by atoms with E-state index in [0.29, 0.717) is 11.0 Å². The molecule has 0 atom stereocenters. The molecule has 1 aliphatic carbocycles. The second kappa shape index (κ2) is 5.78. The quantitative estimate of drug-likeness (QED) is 0.297. The van der Waals surface area contributed by atoms with Gasteiger partial charge in [-0.15, -0.1) is 0 Å². The van der Waals surface area contributed by atoms with Crippen molar-refractivity contribution in [3.8, 4) is 11.5 Å². The van der Waals surface area contributed by atoms with Gasteiger partial charge in [0, 0.05) is 27.6 Å². The van der Waals surface area contributed by atoms with Crippen molar-refractivity contribution in [3.63, 3.8) is 0 Å². The number of benzene rings is 2. The number of fused-ring (bicyclic) bond motifs is 6. The molecule has 0 fully saturated rings. The Bertz CT molecular complexity index is 1450. The van der Waals surface area contributed by atoms with Gasteiger partial charge < -0.3 is 10.2 Å². The number of rotatable bonds is 0. The van der Waals surface area contributed by atoms with E-state index in [0.717, 1.165) is 33.2 Å². The summed E-state index contributed by atoms with van der Waals surface area (Å²) in [6.07, 6.45) is 0. The normalized spacial score (nSPS) is 19.2. The number of phenols is 2. The van der Waals surface area contributed by atoms with E-state index in [1.807, 2.05) is 12.1 Å². The molecule has 5 rings (SSSR count). The zero-order valence-electron chi connectivity index (χ0n) is 20.7. The first-order chi connectivity index (χ1) is 14.6. The van der Waals surface area contributed by atoms with Gasteiger partial charge in [0.2, 0.25) is 0 Å². The van der Waals surface area contributed by atoms with Crippen LogP contribution in [0.3, 0.4) is 0 Å². The van der Waals surface area contributed by atoms with E-state index in [-0.39, 0.29) is 33.2 Å². The van der Waals surface area contributed by atoms with Crippen LogP contribution >= 0.6 is 0 Å². The third-order valence-electron chi connectivity index (χ3n) is 8.93. The lowest BCUT2D eigenvalue weighted by atomic mass is 9.59. The maximum absolute atomic E-state index is 11.9. The van der Waals surface area contributed by atoms with Crippen LogP contribution in [0, 0.1) is 5.41 Å². The summed E-state index contributed by atoms with van der Waals surface area (Å²) in [6.45, 7) is 19.6. The van der Waals surface area contributed by atoms with E-state index in [9.17, 15) is 10.2 Å². The predicted molar refractivity (Wildman–Crippen MR) is 132 cm³/mol. The molecule has 1 aliphatic rings. The Morgan fingerprint density at radius 2 is 1.41 bits per heavy atom. The second-order valence-electron chi connectivity index (χ2n) is 12.2. The lowest BCUT2D eigenvalue weighted by Gasteiger charge is -2.44. The SMILES string of the molecule is CC(C)(C)c1cc2ccccc2c2nc3c(O)c4c(c(O)c3n12)C(C)(C)C(C)(C)C4(C)C. The molecule has 2 aromatic heterocycles. The minimum atomic E-state index is -0.343. The molecule has 0 spiro atoms. The first kappa shape index (κ1) is 21.1. The van der Waals surface area contributed by atoms with Crippen LogP contribution in [-0.2, 0) is 16.2 Å². The zero-order valence-corrected chi connectivity index (χ0v) is 20.7. The van der Waals surface area contributed by atoms with Crippen LogP contribution in [0.4, 0.5) is 0 Å². The van der Waals surface area contributed by atoms with Crippen molar-refractivity contribution in [1.82, 2.24) is 9.38 Å². The summed E-state index contributed by atoms with van der Waals surface area (Å²) < 4.78 is 2.07. The van der Waals surface area contributed by atoms with E-state index in [1.165, 1.54) is 0 Å². The van der Waals surface area contributed by atoms with E-state index in [4.69, 9.17) is 4.98 Å². The van der Waals surface area contributed by atoms with Crippen LogP contribution < -0.4 is 0 Å². The molecule has 4 heteroatoms. The Balaban J connectivity index is 2.10. The summed E-state index contributed by atoms with van der Waals surface area (Å²) >= 11 is 0. The van der Waals surface area contributed by atoms with Gasteiger partial charge in [0.1, 0.15) is 28.2 Å². The molecule has 2 N–H and O–H groups in total. The van der Waals surface area contributed by atoms with Gasteiger partial charge in [0.25, 0.3) is 0 Å². The van der Waals surface area contributed by atoms with Gasteiger partial charge in [-0.1, -0.05) is 86.6 Å². The van der Waals surface area contributed by atoms with Crippen LogP contribution in [0.1, 0.15) is 79.1 Å². The van der Waals surface area contributed by atoms with Crippen molar-refractivity contribution < 1.29 is 10.2 Å². The molecule has 32 heavy (non-hydrogen) atoms. The summed E-state index contributed by atoms with van der Waals surface area (Å²) in [6, 6.07) is 10.4. The fourth-order valence-corrected chi connectivity index (χ4v) is 5.91. The highest BCUT2D eigenvalue weighted by atomic mass is 16.3. The van der Waals surface area contributed by atoms with E-state index in [1.54, 1.807) is 0 Å². The maximum atomic E-state index is 11.9.